The average molecular weight is 358 g/mol. The van der Waals surface area contributed by atoms with Gasteiger partial charge in [-0.15, -0.1) is 0 Å². The summed E-state index contributed by atoms with van der Waals surface area (Å²) in [6.45, 7) is 4.30. The van der Waals surface area contributed by atoms with Crippen LogP contribution in [0.3, 0.4) is 0 Å². The minimum absolute atomic E-state index is 0.0747. The fourth-order valence-electron chi connectivity index (χ4n) is 4.12. The number of aliphatic imine (C=N–C) groups is 1. The van der Waals surface area contributed by atoms with Gasteiger partial charge in [-0.25, -0.2) is 0 Å². The van der Waals surface area contributed by atoms with E-state index < -0.39 is 0 Å². The van der Waals surface area contributed by atoms with E-state index in [9.17, 15) is 9.59 Å². The van der Waals surface area contributed by atoms with E-state index in [1.807, 2.05) is 23.3 Å². The van der Waals surface area contributed by atoms with Crippen molar-refractivity contribution in [2.75, 3.05) is 26.3 Å². The van der Waals surface area contributed by atoms with Crippen molar-refractivity contribution in [3.63, 3.8) is 0 Å². The van der Waals surface area contributed by atoms with Crippen molar-refractivity contribution in [3.05, 3.63) is 33.7 Å². The molecule has 2 aliphatic heterocycles. The number of hydrogen-bond acceptors (Lipinski definition) is 5. The molecule has 0 bridgehead atoms. The van der Waals surface area contributed by atoms with E-state index in [0.29, 0.717) is 32.7 Å². The predicted molar refractivity (Wildman–Crippen MR) is 96.9 cm³/mol. The summed E-state index contributed by atoms with van der Waals surface area (Å²) in [7, 11) is 0. The lowest BCUT2D eigenvalue weighted by Gasteiger charge is -2.38. The summed E-state index contributed by atoms with van der Waals surface area (Å²) in [5.74, 6) is -0.338. The van der Waals surface area contributed by atoms with Crippen LogP contribution in [0.5, 0.6) is 0 Å². The summed E-state index contributed by atoms with van der Waals surface area (Å²) < 4.78 is 5.38. The number of hydrogen-bond donors (Lipinski definition) is 0. The Kier molecular flexibility index (Phi) is 4.56. The van der Waals surface area contributed by atoms with E-state index in [1.165, 1.54) is 0 Å². The van der Waals surface area contributed by atoms with Gasteiger partial charge in [-0.3, -0.25) is 14.6 Å². The van der Waals surface area contributed by atoms with Crippen molar-refractivity contribution >= 4 is 28.7 Å². The third-order valence-electron chi connectivity index (χ3n) is 5.33. The molecule has 132 valence electrons. The second kappa shape index (κ2) is 6.84. The predicted octanol–water partition coefficient (Wildman–Crippen LogP) is 2.79. The SMILES string of the molecule is CC1=NC2=C(C(=O)CCC2)[C@H](c2ccsc2)C1C(=O)N1CCOCC1. The molecular weight excluding hydrogens is 336 g/mol. The Hall–Kier alpha value is -1.79. The number of allylic oxidation sites excluding steroid dienone is 2. The minimum atomic E-state index is -0.381. The average Bonchev–Trinajstić information content (AvgIpc) is 3.15. The molecule has 3 heterocycles. The second-order valence-corrected chi connectivity index (χ2v) is 7.62. The van der Waals surface area contributed by atoms with Crippen LogP contribution in [0.15, 0.2) is 33.1 Å². The van der Waals surface area contributed by atoms with Gasteiger partial charge in [0.05, 0.1) is 19.1 Å². The van der Waals surface area contributed by atoms with E-state index in [0.717, 1.165) is 35.4 Å². The number of amides is 1. The molecule has 4 rings (SSSR count). The second-order valence-electron chi connectivity index (χ2n) is 6.84. The van der Waals surface area contributed by atoms with Gasteiger partial charge in [-0.1, -0.05) is 0 Å². The van der Waals surface area contributed by atoms with E-state index in [2.05, 4.69) is 5.38 Å². The number of Topliss-reactive ketones (excluding diaryl/α,β-unsaturated/α-hetero) is 1. The summed E-state index contributed by atoms with van der Waals surface area (Å²) in [5.41, 5.74) is 3.58. The number of morpholine rings is 1. The van der Waals surface area contributed by atoms with Crippen molar-refractivity contribution < 1.29 is 14.3 Å². The largest absolute Gasteiger partial charge is 0.378 e. The van der Waals surface area contributed by atoms with Gasteiger partial charge in [-0.2, -0.15) is 11.3 Å². The van der Waals surface area contributed by atoms with Crippen LogP contribution in [-0.2, 0) is 14.3 Å². The Morgan fingerprint density at radius 3 is 2.84 bits per heavy atom. The minimum Gasteiger partial charge on any atom is -0.378 e. The molecule has 0 radical (unpaired) electrons. The van der Waals surface area contributed by atoms with E-state index in [4.69, 9.17) is 9.73 Å². The number of rotatable bonds is 2. The van der Waals surface area contributed by atoms with Gasteiger partial charge in [0.2, 0.25) is 5.91 Å². The van der Waals surface area contributed by atoms with E-state index in [1.54, 1.807) is 11.3 Å². The van der Waals surface area contributed by atoms with Gasteiger partial charge < -0.3 is 9.64 Å². The Bertz CT molecular complexity index is 745. The van der Waals surface area contributed by atoms with Crippen LogP contribution in [0.4, 0.5) is 0 Å². The van der Waals surface area contributed by atoms with Crippen molar-refractivity contribution in [1.82, 2.24) is 4.90 Å². The molecule has 1 unspecified atom stereocenters. The summed E-state index contributed by atoms with van der Waals surface area (Å²) >= 11 is 1.61. The fraction of sp³-hybridized carbons (Fsp3) is 0.526. The first-order chi connectivity index (χ1) is 12.2. The zero-order valence-electron chi connectivity index (χ0n) is 14.4. The number of nitrogens with zero attached hydrogens (tertiary/aromatic N) is 2. The van der Waals surface area contributed by atoms with Gasteiger partial charge in [0.25, 0.3) is 0 Å². The Labute approximate surface area is 151 Å². The lowest BCUT2D eigenvalue weighted by molar-refractivity contribution is -0.137. The van der Waals surface area contributed by atoms with E-state index >= 15 is 0 Å². The number of carbonyl (C=O) groups excluding carboxylic acids is 2. The molecule has 1 aliphatic carbocycles. The molecule has 1 aromatic rings. The first-order valence-corrected chi connectivity index (χ1v) is 9.81. The van der Waals surface area contributed by atoms with Gasteiger partial charge in [0.15, 0.2) is 5.78 Å². The lowest BCUT2D eigenvalue weighted by atomic mass is 9.72. The first kappa shape index (κ1) is 16.7. The smallest absolute Gasteiger partial charge is 0.232 e. The van der Waals surface area contributed by atoms with Gasteiger partial charge in [0, 0.05) is 42.4 Å². The summed E-state index contributed by atoms with van der Waals surface area (Å²) in [6.07, 6.45) is 2.25. The molecule has 3 aliphatic rings. The zero-order chi connectivity index (χ0) is 17.4. The van der Waals surface area contributed by atoms with Crippen LogP contribution in [0.25, 0.3) is 0 Å². The summed E-state index contributed by atoms with van der Waals surface area (Å²) in [4.78, 5) is 32.6. The van der Waals surface area contributed by atoms with Crippen molar-refractivity contribution in [3.8, 4) is 0 Å². The van der Waals surface area contributed by atoms with Crippen LogP contribution in [-0.4, -0.2) is 48.6 Å². The maximum atomic E-state index is 13.3. The lowest BCUT2D eigenvalue weighted by Crippen LogP contribution is -2.48. The molecular formula is C19H22N2O3S. The molecule has 1 fully saturated rings. The highest BCUT2D eigenvalue weighted by atomic mass is 32.1. The molecule has 2 atom stereocenters. The van der Waals surface area contributed by atoms with Gasteiger partial charge in [0.1, 0.15) is 0 Å². The van der Waals surface area contributed by atoms with Crippen LogP contribution in [0.2, 0.25) is 0 Å². The van der Waals surface area contributed by atoms with Crippen molar-refractivity contribution in [2.24, 2.45) is 10.9 Å². The number of thiophene rings is 1. The quantitative estimate of drug-likeness (QED) is 0.817. The highest BCUT2D eigenvalue weighted by molar-refractivity contribution is 7.08. The molecule has 25 heavy (non-hydrogen) atoms. The molecule has 5 nitrogen and oxygen atoms in total. The molecule has 0 aromatic carbocycles. The highest BCUT2D eigenvalue weighted by Crippen LogP contribution is 2.44. The maximum absolute atomic E-state index is 13.3. The summed E-state index contributed by atoms with van der Waals surface area (Å²) in [5, 5.41) is 4.08. The van der Waals surface area contributed by atoms with Crippen molar-refractivity contribution in [1.29, 1.82) is 0 Å². The number of ether oxygens (including phenoxy) is 1. The van der Waals surface area contributed by atoms with Crippen molar-refractivity contribution in [2.45, 2.75) is 32.1 Å². The number of carbonyl (C=O) groups is 2. The van der Waals surface area contributed by atoms with Crippen LogP contribution in [0.1, 0.15) is 37.7 Å². The number of ketones is 1. The summed E-state index contributed by atoms with van der Waals surface area (Å²) in [6, 6.07) is 2.04. The van der Waals surface area contributed by atoms with Gasteiger partial charge in [-0.05, 0) is 42.2 Å². The van der Waals surface area contributed by atoms with Crippen LogP contribution >= 0.6 is 11.3 Å². The Morgan fingerprint density at radius 1 is 1.32 bits per heavy atom. The molecule has 0 spiro atoms. The topological polar surface area (TPSA) is 59.0 Å². The Morgan fingerprint density at radius 2 is 2.12 bits per heavy atom. The highest BCUT2D eigenvalue weighted by Gasteiger charge is 2.43. The maximum Gasteiger partial charge on any atom is 0.232 e. The van der Waals surface area contributed by atoms with Crippen LogP contribution < -0.4 is 0 Å². The molecule has 1 amide bonds. The third kappa shape index (κ3) is 2.98. The molecule has 1 saturated heterocycles. The standard InChI is InChI=1S/C19H22N2O3S/c1-12-16(19(23)21-6-8-24-9-7-21)17(13-5-10-25-11-13)18-14(20-12)3-2-4-15(18)22/h5,10-11,16-17H,2-4,6-9H2,1H3/t16?,17-/m1/s1. The first-order valence-electron chi connectivity index (χ1n) is 8.87. The normalized spacial score (nSPS) is 27.2. The molecule has 0 saturated carbocycles. The van der Waals surface area contributed by atoms with E-state index in [-0.39, 0.29) is 23.5 Å². The Balaban J connectivity index is 1.77. The molecule has 6 heteroatoms. The zero-order valence-corrected chi connectivity index (χ0v) is 15.2. The monoisotopic (exact) mass is 358 g/mol. The molecule has 1 aromatic heterocycles. The molecule has 0 N–H and O–H groups in total. The third-order valence-corrected chi connectivity index (χ3v) is 6.03. The van der Waals surface area contributed by atoms with Crippen LogP contribution in [0, 0.1) is 5.92 Å². The van der Waals surface area contributed by atoms with Gasteiger partial charge >= 0.3 is 0 Å². The fourth-order valence-corrected chi connectivity index (χ4v) is 4.82.